The Morgan fingerprint density at radius 3 is 1.46 bits per heavy atom. The van der Waals surface area contributed by atoms with Crippen molar-refractivity contribution in [2.24, 2.45) is 0 Å². The molecule has 2 atom stereocenters. The molecular formula is C55H36S2. The minimum absolute atomic E-state index is 0.0718. The van der Waals surface area contributed by atoms with Gasteiger partial charge in [-0.3, -0.25) is 0 Å². The summed E-state index contributed by atoms with van der Waals surface area (Å²) in [6.45, 7) is 2.40. The first kappa shape index (κ1) is 32.9. The van der Waals surface area contributed by atoms with Crippen LogP contribution in [0.15, 0.2) is 194 Å². The average Bonchev–Trinajstić information content (AvgIpc) is 3.86. The minimum Gasteiger partial charge on any atom is -0.134 e. The fourth-order valence-corrected chi connectivity index (χ4v) is 12.6. The number of rotatable bonds is 4. The average molecular weight is 761 g/mol. The van der Waals surface area contributed by atoms with Crippen molar-refractivity contribution in [3.05, 3.63) is 205 Å². The van der Waals surface area contributed by atoms with Crippen LogP contribution in [-0.4, -0.2) is 0 Å². The smallest absolute Gasteiger partial charge is 0.0434 e. The molecule has 0 aliphatic heterocycles. The summed E-state index contributed by atoms with van der Waals surface area (Å²) < 4.78 is 5.36. The number of thiophene rings is 2. The lowest BCUT2D eigenvalue weighted by molar-refractivity contribution is 0.519. The lowest BCUT2D eigenvalue weighted by atomic mass is 9.60. The summed E-state index contributed by atoms with van der Waals surface area (Å²) in [7, 11) is 0. The molecule has 2 heterocycles. The third kappa shape index (κ3) is 4.91. The first-order valence-electron chi connectivity index (χ1n) is 19.8. The maximum absolute atomic E-state index is 2.46. The lowest BCUT2D eigenvalue weighted by Gasteiger charge is -2.42. The second kappa shape index (κ2) is 12.6. The number of hydrogen-bond acceptors (Lipinski definition) is 2. The zero-order valence-electron chi connectivity index (χ0n) is 31.4. The van der Waals surface area contributed by atoms with Gasteiger partial charge in [0.2, 0.25) is 0 Å². The van der Waals surface area contributed by atoms with Crippen LogP contribution in [0.25, 0.3) is 96.0 Å². The Bertz CT molecular complexity index is 3320. The van der Waals surface area contributed by atoms with E-state index < -0.39 is 0 Å². The molecule has 10 aromatic rings. The summed E-state index contributed by atoms with van der Waals surface area (Å²) in [5, 5.41) is 5.28. The maximum Gasteiger partial charge on any atom is 0.0434 e. The lowest BCUT2D eigenvalue weighted by Crippen LogP contribution is -2.32. The third-order valence-corrected chi connectivity index (χ3v) is 15.2. The predicted molar refractivity (Wildman–Crippen MR) is 248 cm³/mol. The highest BCUT2D eigenvalue weighted by molar-refractivity contribution is 7.27. The Labute approximate surface area is 340 Å². The number of hydrogen-bond donors (Lipinski definition) is 0. The van der Waals surface area contributed by atoms with Crippen molar-refractivity contribution >= 4 is 63.0 Å². The highest BCUT2D eigenvalue weighted by atomic mass is 32.1. The van der Waals surface area contributed by atoms with Gasteiger partial charge in [-0.25, -0.2) is 0 Å². The van der Waals surface area contributed by atoms with Gasteiger partial charge in [-0.1, -0.05) is 189 Å². The zero-order chi connectivity index (χ0) is 37.7. The van der Waals surface area contributed by atoms with Gasteiger partial charge in [0.15, 0.2) is 0 Å². The van der Waals surface area contributed by atoms with Crippen LogP contribution in [0, 0.1) is 0 Å². The summed E-state index contributed by atoms with van der Waals surface area (Å²) in [5.41, 5.74) is 15.6. The van der Waals surface area contributed by atoms with Crippen molar-refractivity contribution in [3.8, 4) is 55.6 Å². The molecule has 12 rings (SSSR count). The van der Waals surface area contributed by atoms with Crippen LogP contribution >= 0.6 is 22.7 Å². The Morgan fingerprint density at radius 2 is 0.860 bits per heavy atom. The Balaban J connectivity index is 0.987. The highest BCUT2D eigenvalue weighted by Crippen LogP contribution is 2.54. The van der Waals surface area contributed by atoms with Crippen molar-refractivity contribution in [2.75, 3.05) is 0 Å². The second-order valence-corrected chi connectivity index (χ2v) is 17.8. The number of fused-ring (bicyclic) bond motifs is 12. The molecule has 2 aliphatic rings. The molecule has 268 valence electrons. The summed E-state index contributed by atoms with van der Waals surface area (Å²) in [6, 6.07) is 63.5. The summed E-state index contributed by atoms with van der Waals surface area (Å²) in [4.78, 5) is 0. The summed E-state index contributed by atoms with van der Waals surface area (Å²) in [5.74, 6) is 0.338. The Hall–Kier alpha value is -6.32. The van der Waals surface area contributed by atoms with Crippen molar-refractivity contribution in [2.45, 2.75) is 18.3 Å². The van der Waals surface area contributed by atoms with Gasteiger partial charge in [0.25, 0.3) is 0 Å². The van der Waals surface area contributed by atoms with E-state index in [4.69, 9.17) is 0 Å². The van der Waals surface area contributed by atoms with Crippen LogP contribution in [0.4, 0.5) is 0 Å². The molecule has 2 unspecified atom stereocenters. The maximum atomic E-state index is 2.46. The fourth-order valence-electron chi connectivity index (χ4n) is 9.86. The standard InChI is InChI=1S/C55H36S2/c1-55-31-8-7-28-49(55)43-19-6-5-18-42(43)48-33-37(29-30-50(48)55)41-23-13-27-47-46-26-12-22-40(53(46)57-54(41)47)36-17-9-16-35(32-36)39-21-11-25-45-44-24-10-20-38(51(44)56-52(39)45)34-14-3-2-4-15-34/h2-33,49H,1H3. The highest BCUT2D eigenvalue weighted by Gasteiger charge is 2.41. The molecule has 0 bridgehead atoms. The predicted octanol–water partition coefficient (Wildman–Crippen LogP) is 16.2. The molecular weight excluding hydrogens is 725 g/mol. The first-order valence-corrected chi connectivity index (χ1v) is 21.4. The zero-order valence-corrected chi connectivity index (χ0v) is 33.0. The molecule has 2 heteroatoms. The number of benzene rings is 8. The molecule has 0 saturated carbocycles. The van der Waals surface area contributed by atoms with Gasteiger partial charge >= 0.3 is 0 Å². The van der Waals surface area contributed by atoms with E-state index in [2.05, 4.69) is 201 Å². The quantitative estimate of drug-likeness (QED) is 0.168. The minimum atomic E-state index is -0.0718. The van der Waals surface area contributed by atoms with Gasteiger partial charge in [0, 0.05) is 51.7 Å². The Kier molecular flexibility index (Phi) is 7.27. The van der Waals surface area contributed by atoms with Crippen LogP contribution in [0.5, 0.6) is 0 Å². The van der Waals surface area contributed by atoms with E-state index in [1.807, 2.05) is 22.7 Å². The third-order valence-electron chi connectivity index (χ3n) is 12.6. The largest absolute Gasteiger partial charge is 0.134 e. The van der Waals surface area contributed by atoms with E-state index in [0.29, 0.717) is 5.92 Å². The van der Waals surface area contributed by atoms with Gasteiger partial charge in [0.1, 0.15) is 0 Å². The normalized spacial score (nSPS) is 17.0. The second-order valence-electron chi connectivity index (χ2n) is 15.7. The molecule has 0 N–H and O–H groups in total. The van der Waals surface area contributed by atoms with E-state index in [-0.39, 0.29) is 5.41 Å². The van der Waals surface area contributed by atoms with Gasteiger partial charge in [-0.15, -0.1) is 22.7 Å². The molecule has 0 fully saturated rings. The van der Waals surface area contributed by atoms with Crippen LogP contribution in [-0.2, 0) is 5.41 Å². The van der Waals surface area contributed by atoms with Crippen molar-refractivity contribution in [1.29, 1.82) is 0 Å². The van der Waals surface area contributed by atoms with Crippen LogP contribution < -0.4 is 0 Å². The molecule has 0 nitrogen and oxygen atoms in total. The SMILES string of the molecule is CC12C=CC=CC1c1ccccc1-c1cc(-c3cccc4c3sc3c(-c5cccc(-c6cccc7c6sc6c(-c8ccccc8)cccc67)c5)cccc34)ccc12. The molecule has 0 saturated heterocycles. The Morgan fingerprint density at radius 1 is 0.386 bits per heavy atom. The van der Waals surface area contributed by atoms with E-state index >= 15 is 0 Å². The van der Waals surface area contributed by atoms with E-state index in [0.717, 1.165) is 0 Å². The molecule has 57 heavy (non-hydrogen) atoms. The summed E-state index contributed by atoms with van der Waals surface area (Å²) in [6.07, 6.45) is 9.22. The van der Waals surface area contributed by atoms with E-state index in [1.54, 1.807) is 0 Å². The molecule has 8 aromatic carbocycles. The molecule has 0 spiro atoms. The molecule has 2 aliphatic carbocycles. The van der Waals surface area contributed by atoms with Gasteiger partial charge < -0.3 is 0 Å². The summed E-state index contributed by atoms with van der Waals surface area (Å²) >= 11 is 3.85. The topological polar surface area (TPSA) is 0 Å². The molecule has 2 aromatic heterocycles. The van der Waals surface area contributed by atoms with Gasteiger partial charge in [0.05, 0.1) is 0 Å². The fraction of sp³-hybridized carbons (Fsp3) is 0.0545. The van der Waals surface area contributed by atoms with Gasteiger partial charge in [-0.2, -0.15) is 0 Å². The first-order chi connectivity index (χ1) is 28.1. The van der Waals surface area contributed by atoms with Crippen molar-refractivity contribution < 1.29 is 0 Å². The van der Waals surface area contributed by atoms with E-state index in [1.165, 1.54) is 107 Å². The van der Waals surface area contributed by atoms with Crippen molar-refractivity contribution in [3.63, 3.8) is 0 Å². The van der Waals surface area contributed by atoms with Crippen LogP contribution in [0.3, 0.4) is 0 Å². The van der Waals surface area contributed by atoms with E-state index in [9.17, 15) is 0 Å². The van der Waals surface area contributed by atoms with Gasteiger partial charge in [-0.05, 0) is 78.9 Å². The number of allylic oxidation sites excluding steroid dienone is 4. The van der Waals surface area contributed by atoms with Crippen LogP contribution in [0.2, 0.25) is 0 Å². The monoisotopic (exact) mass is 760 g/mol. The van der Waals surface area contributed by atoms with Crippen LogP contribution in [0.1, 0.15) is 24.0 Å². The van der Waals surface area contributed by atoms with Crippen molar-refractivity contribution in [1.82, 2.24) is 0 Å². The molecule has 0 radical (unpaired) electrons. The molecule has 0 amide bonds.